The first-order valence-electron chi connectivity index (χ1n) is 8.44. The Balaban J connectivity index is 1.89. The van der Waals surface area contributed by atoms with E-state index < -0.39 is 17.1 Å². The summed E-state index contributed by atoms with van der Waals surface area (Å²) in [6.07, 6.45) is 1.60. The Kier molecular flexibility index (Phi) is 7.27. The first-order chi connectivity index (χ1) is 14.3. The van der Waals surface area contributed by atoms with E-state index in [2.05, 4.69) is 4.74 Å². The lowest BCUT2D eigenvalue weighted by Gasteiger charge is -2.13. The van der Waals surface area contributed by atoms with Gasteiger partial charge in [-0.2, -0.15) is 0 Å². The van der Waals surface area contributed by atoms with Crippen molar-refractivity contribution in [2.24, 2.45) is 0 Å². The lowest BCUT2D eigenvalue weighted by Crippen LogP contribution is -2.27. The molecule has 0 atom stereocenters. The lowest BCUT2D eigenvalue weighted by atomic mass is 10.1. The number of carbonyl (C=O) groups is 3. The molecule has 0 aliphatic carbocycles. The van der Waals surface area contributed by atoms with Crippen LogP contribution in [0.3, 0.4) is 0 Å². The van der Waals surface area contributed by atoms with Crippen molar-refractivity contribution in [3.63, 3.8) is 0 Å². The molecule has 1 saturated heterocycles. The first-order valence-corrected chi connectivity index (χ1v) is 10.7. The topological polar surface area (TPSA) is 82.1 Å². The molecule has 0 radical (unpaired) electrons. The van der Waals surface area contributed by atoms with E-state index in [1.807, 2.05) is 22.6 Å². The second-order valence-electron chi connectivity index (χ2n) is 5.90. The van der Waals surface area contributed by atoms with Crippen LogP contribution >= 0.6 is 46.0 Å². The molecule has 2 aromatic rings. The second-order valence-corrected chi connectivity index (χ2v) is 8.49. The smallest absolute Gasteiger partial charge is 0.343 e. The number of halogens is 2. The summed E-state index contributed by atoms with van der Waals surface area (Å²) >= 11 is 8.85. The Labute approximate surface area is 195 Å². The van der Waals surface area contributed by atoms with Crippen molar-refractivity contribution in [1.82, 2.24) is 0 Å². The molecule has 0 spiro atoms. The fraction of sp³-hybridized carbons (Fsp3) is 0.150. The summed E-state index contributed by atoms with van der Waals surface area (Å²) in [5.41, 5.74) is 1.05. The molecule has 1 heterocycles. The predicted molar refractivity (Wildman–Crippen MR) is 123 cm³/mol. The van der Waals surface area contributed by atoms with Crippen molar-refractivity contribution < 1.29 is 28.6 Å². The molecule has 30 heavy (non-hydrogen) atoms. The van der Waals surface area contributed by atoms with Crippen LogP contribution in [0.4, 0.5) is 10.5 Å². The van der Waals surface area contributed by atoms with Gasteiger partial charge in [0.2, 0.25) is 0 Å². The third-order valence-corrected chi connectivity index (χ3v) is 5.88. The SMILES string of the molecule is COC(=O)COc1c(I)cc(/C=C2/SC(=O)N(c3cccc(Cl)c3)C2=O)cc1OC. The average Bonchev–Trinajstić information content (AvgIpc) is 2.99. The van der Waals surface area contributed by atoms with Gasteiger partial charge in [0.25, 0.3) is 11.1 Å². The number of rotatable bonds is 6. The summed E-state index contributed by atoms with van der Waals surface area (Å²) in [6.45, 7) is -0.263. The molecule has 0 saturated carbocycles. The summed E-state index contributed by atoms with van der Waals surface area (Å²) in [5, 5.41) is 0.0190. The maximum Gasteiger partial charge on any atom is 0.343 e. The summed E-state index contributed by atoms with van der Waals surface area (Å²) < 4.78 is 16.1. The highest BCUT2D eigenvalue weighted by Crippen LogP contribution is 2.39. The minimum atomic E-state index is -0.522. The molecule has 0 unspecified atom stereocenters. The van der Waals surface area contributed by atoms with Crippen LogP contribution in [0.15, 0.2) is 41.3 Å². The molecule has 2 aromatic carbocycles. The Bertz CT molecular complexity index is 1060. The zero-order valence-corrected chi connectivity index (χ0v) is 19.5. The van der Waals surface area contributed by atoms with Gasteiger partial charge in [-0.1, -0.05) is 17.7 Å². The van der Waals surface area contributed by atoms with Crippen molar-refractivity contribution in [3.05, 3.63) is 55.5 Å². The number of amides is 2. The zero-order valence-electron chi connectivity index (χ0n) is 15.8. The van der Waals surface area contributed by atoms with Gasteiger partial charge in [-0.15, -0.1) is 0 Å². The van der Waals surface area contributed by atoms with E-state index in [1.165, 1.54) is 14.2 Å². The summed E-state index contributed by atoms with van der Waals surface area (Å²) in [7, 11) is 2.74. The van der Waals surface area contributed by atoms with Crippen LogP contribution in [0, 0.1) is 3.57 Å². The Morgan fingerprint density at radius 2 is 2.00 bits per heavy atom. The number of carbonyl (C=O) groups excluding carboxylic acids is 3. The molecular weight excluding hydrogens is 545 g/mol. The molecule has 0 aromatic heterocycles. The number of anilines is 1. The van der Waals surface area contributed by atoms with Crippen molar-refractivity contribution in [1.29, 1.82) is 0 Å². The van der Waals surface area contributed by atoms with Crippen LogP contribution in [0.2, 0.25) is 5.02 Å². The first kappa shape index (κ1) is 22.4. The van der Waals surface area contributed by atoms with Crippen LogP contribution in [-0.4, -0.2) is 37.9 Å². The average molecular weight is 560 g/mol. The minimum Gasteiger partial charge on any atom is -0.493 e. The number of methoxy groups -OCH3 is 2. The standard InChI is InChI=1S/C20H15ClINO6S/c1-27-15-7-11(6-14(22)18(15)29-10-17(24)28-2)8-16-19(25)23(20(26)30-16)13-5-3-4-12(21)9-13/h3-9H,10H2,1-2H3/b16-8+. The maximum atomic E-state index is 12.8. The van der Waals surface area contributed by atoms with Crippen LogP contribution in [0.25, 0.3) is 6.08 Å². The molecule has 7 nitrogen and oxygen atoms in total. The van der Waals surface area contributed by atoms with Gasteiger partial charge in [0.1, 0.15) is 0 Å². The van der Waals surface area contributed by atoms with Gasteiger partial charge in [0.05, 0.1) is 28.4 Å². The number of esters is 1. The maximum absolute atomic E-state index is 12.8. The molecule has 1 aliphatic heterocycles. The van der Waals surface area contributed by atoms with Crippen molar-refractivity contribution in [2.45, 2.75) is 0 Å². The van der Waals surface area contributed by atoms with Gasteiger partial charge in [0, 0.05) is 5.02 Å². The molecule has 1 aliphatic rings. The van der Waals surface area contributed by atoms with Gasteiger partial charge in [-0.25, -0.2) is 9.69 Å². The van der Waals surface area contributed by atoms with E-state index in [-0.39, 0.29) is 11.5 Å². The van der Waals surface area contributed by atoms with Crippen LogP contribution in [0.1, 0.15) is 5.56 Å². The number of ether oxygens (including phenoxy) is 3. The van der Waals surface area contributed by atoms with Gasteiger partial charge in [0.15, 0.2) is 18.1 Å². The van der Waals surface area contributed by atoms with Crippen LogP contribution in [0.5, 0.6) is 11.5 Å². The van der Waals surface area contributed by atoms with Crippen molar-refractivity contribution in [2.75, 3.05) is 25.7 Å². The number of benzene rings is 2. The minimum absolute atomic E-state index is 0.263. The highest BCUT2D eigenvalue weighted by molar-refractivity contribution is 14.1. The van der Waals surface area contributed by atoms with Crippen LogP contribution in [-0.2, 0) is 14.3 Å². The number of hydrogen-bond donors (Lipinski definition) is 0. The molecule has 156 valence electrons. The van der Waals surface area contributed by atoms with Crippen LogP contribution < -0.4 is 14.4 Å². The largest absolute Gasteiger partial charge is 0.493 e. The molecule has 3 rings (SSSR count). The van der Waals surface area contributed by atoms with Gasteiger partial charge >= 0.3 is 5.97 Å². The Morgan fingerprint density at radius 1 is 1.23 bits per heavy atom. The lowest BCUT2D eigenvalue weighted by molar-refractivity contribution is -0.142. The van der Waals surface area contributed by atoms with Gasteiger partial charge < -0.3 is 14.2 Å². The molecule has 0 bridgehead atoms. The van der Waals surface area contributed by atoms with Gasteiger partial charge in [-0.3, -0.25) is 9.59 Å². The monoisotopic (exact) mass is 559 g/mol. The molecular formula is C20H15ClINO6S. The number of nitrogens with zero attached hydrogens (tertiary/aromatic N) is 1. The highest BCUT2D eigenvalue weighted by atomic mass is 127. The fourth-order valence-corrected chi connectivity index (χ4v) is 4.42. The molecule has 2 amide bonds. The summed E-state index contributed by atoms with van der Waals surface area (Å²) in [5.74, 6) is -0.197. The van der Waals surface area contributed by atoms with Gasteiger partial charge in [-0.05, 0) is 76.3 Å². The Morgan fingerprint density at radius 3 is 2.67 bits per heavy atom. The van der Waals surface area contributed by atoms with E-state index in [9.17, 15) is 14.4 Å². The van der Waals surface area contributed by atoms with E-state index >= 15 is 0 Å². The van der Waals surface area contributed by atoms with E-state index in [4.69, 9.17) is 21.1 Å². The van der Waals surface area contributed by atoms with E-state index in [0.29, 0.717) is 31.3 Å². The fourth-order valence-electron chi connectivity index (χ4n) is 2.61. The normalized spacial score (nSPS) is 14.9. The second kappa shape index (κ2) is 9.71. The Hall–Kier alpha value is -2.24. The predicted octanol–water partition coefficient (Wildman–Crippen LogP) is 4.75. The molecule has 10 heteroatoms. The van der Waals surface area contributed by atoms with Crippen molar-refractivity contribution >= 4 is 74.8 Å². The number of imide groups is 1. The van der Waals surface area contributed by atoms with Crippen molar-refractivity contribution in [3.8, 4) is 11.5 Å². The third kappa shape index (κ3) is 4.90. The summed E-state index contributed by atoms with van der Waals surface area (Å²) in [4.78, 5) is 37.9. The third-order valence-electron chi connectivity index (χ3n) is 3.97. The van der Waals surface area contributed by atoms with E-state index in [0.717, 1.165) is 16.7 Å². The zero-order chi connectivity index (χ0) is 21.8. The summed E-state index contributed by atoms with van der Waals surface area (Å²) in [6, 6.07) is 9.94. The number of hydrogen-bond acceptors (Lipinski definition) is 7. The quantitative estimate of drug-likeness (QED) is 0.287. The molecule has 1 fully saturated rings. The highest BCUT2D eigenvalue weighted by Gasteiger charge is 2.36. The van der Waals surface area contributed by atoms with E-state index in [1.54, 1.807) is 42.5 Å². The molecule has 0 N–H and O–H groups in total. The number of thioether (sulfide) groups is 1.